The van der Waals surface area contributed by atoms with Crippen molar-refractivity contribution in [2.24, 2.45) is 0 Å². The summed E-state index contributed by atoms with van der Waals surface area (Å²) >= 11 is 0. The molecule has 1 fully saturated rings. The van der Waals surface area contributed by atoms with Gasteiger partial charge in [-0.2, -0.15) is 0 Å². The van der Waals surface area contributed by atoms with Crippen LogP contribution in [0.15, 0.2) is 48.7 Å². The van der Waals surface area contributed by atoms with Gasteiger partial charge in [0.25, 0.3) is 0 Å². The molecule has 27 heavy (non-hydrogen) atoms. The third-order valence-electron chi connectivity index (χ3n) is 4.89. The highest BCUT2D eigenvalue weighted by Gasteiger charge is 2.41. The van der Waals surface area contributed by atoms with Crippen molar-refractivity contribution in [3.8, 4) is 5.88 Å². The minimum absolute atomic E-state index is 0.0138. The van der Waals surface area contributed by atoms with Crippen molar-refractivity contribution < 1.29 is 14.3 Å². The fraction of sp³-hybridized carbons (Fsp3) is 0.429. The Hall–Kier alpha value is -2.44. The van der Waals surface area contributed by atoms with Crippen LogP contribution in [0.3, 0.4) is 0 Å². The molecule has 0 radical (unpaired) electrons. The zero-order chi connectivity index (χ0) is 19.1. The van der Waals surface area contributed by atoms with Gasteiger partial charge in [-0.15, -0.1) is 0 Å². The Morgan fingerprint density at radius 2 is 1.93 bits per heavy atom. The Labute approximate surface area is 160 Å². The van der Waals surface area contributed by atoms with Gasteiger partial charge in [-0.1, -0.05) is 30.3 Å². The van der Waals surface area contributed by atoms with E-state index in [2.05, 4.69) is 10.3 Å². The van der Waals surface area contributed by atoms with E-state index in [4.69, 9.17) is 9.47 Å². The molecule has 0 aliphatic carbocycles. The van der Waals surface area contributed by atoms with Gasteiger partial charge in [-0.05, 0) is 38.6 Å². The van der Waals surface area contributed by atoms with Crippen LogP contribution in [-0.2, 0) is 14.9 Å². The quantitative estimate of drug-likeness (QED) is 0.813. The van der Waals surface area contributed by atoms with Crippen molar-refractivity contribution >= 4 is 11.6 Å². The summed E-state index contributed by atoms with van der Waals surface area (Å²) < 4.78 is 11.1. The number of nitrogens with zero attached hydrogens (tertiary/aromatic N) is 2. The lowest BCUT2D eigenvalue weighted by Crippen LogP contribution is -2.44. The highest BCUT2D eigenvalue weighted by Crippen LogP contribution is 2.36. The number of likely N-dealkylation sites (N-methyl/N-ethyl adjacent to an activating group) is 1. The van der Waals surface area contributed by atoms with E-state index < -0.39 is 5.41 Å². The first kappa shape index (κ1) is 19.3. The van der Waals surface area contributed by atoms with Crippen molar-refractivity contribution in [3.05, 3.63) is 54.2 Å². The maximum atomic E-state index is 13.2. The van der Waals surface area contributed by atoms with Gasteiger partial charge in [0, 0.05) is 25.8 Å². The minimum Gasteiger partial charge on any atom is -0.476 e. The second-order valence-corrected chi connectivity index (χ2v) is 7.05. The molecule has 1 N–H and O–H groups in total. The van der Waals surface area contributed by atoms with Crippen LogP contribution in [0.2, 0.25) is 0 Å². The van der Waals surface area contributed by atoms with Crippen molar-refractivity contribution in [2.75, 3.05) is 45.8 Å². The van der Waals surface area contributed by atoms with Gasteiger partial charge in [0.2, 0.25) is 11.8 Å². The molecule has 0 spiro atoms. The number of anilines is 1. The average Bonchev–Trinajstić information content (AvgIpc) is 2.70. The van der Waals surface area contributed by atoms with E-state index in [-0.39, 0.29) is 5.91 Å². The predicted octanol–water partition coefficient (Wildman–Crippen LogP) is 2.71. The summed E-state index contributed by atoms with van der Waals surface area (Å²) in [6.45, 7) is 2.56. The summed E-state index contributed by atoms with van der Waals surface area (Å²) in [6, 6.07) is 13.6. The third kappa shape index (κ3) is 4.84. The fourth-order valence-electron chi connectivity index (χ4n) is 3.25. The molecule has 0 atom stereocenters. The van der Waals surface area contributed by atoms with E-state index in [1.54, 1.807) is 12.3 Å². The number of aromatic nitrogens is 1. The molecule has 3 rings (SSSR count). The number of ether oxygens (including phenoxy) is 2. The molecule has 1 saturated heterocycles. The Bertz CT molecular complexity index is 726. The Morgan fingerprint density at radius 3 is 2.56 bits per heavy atom. The number of hydrogen-bond donors (Lipinski definition) is 1. The van der Waals surface area contributed by atoms with E-state index >= 15 is 0 Å². The van der Waals surface area contributed by atoms with Crippen molar-refractivity contribution in [3.63, 3.8) is 0 Å². The van der Waals surface area contributed by atoms with Gasteiger partial charge in [0.05, 0.1) is 17.3 Å². The monoisotopic (exact) mass is 369 g/mol. The van der Waals surface area contributed by atoms with Gasteiger partial charge in [-0.3, -0.25) is 4.79 Å². The number of benzene rings is 1. The topological polar surface area (TPSA) is 63.7 Å². The van der Waals surface area contributed by atoms with Gasteiger partial charge in [0.15, 0.2) is 0 Å². The Kier molecular flexibility index (Phi) is 6.42. The molecule has 0 saturated carbocycles. The van der Waals surface area contributed by atoms with Crippen LogP contribution in [0.1, 0.15) is 18.4 Å². The molecular formula is C21H27N3O3. The summed E-state index contributed by atoms with van der Waals surface area (Å²) in [5, 5.41) is 3.03. The first-order valence-corrected chi connectivity index (χ1v) is 9.28. The molecule has 144 valence electrons. The van der Waals surface area contributed by atoms with E-state index in [1.807, 2.05) is 55.4 Å². The average molecular weight is 369 g/mol. The van der Waals surface area contributed by atoms with Crippen molar-refractivity contribution in [1.82, 2.24) is 9.88 Å². The summed E-state index contributed by atoms with van der Waals surface area (Å²) in [7, 11) is 3.99. The largest absolute Gasteiger partial charge is 0.476 e. The summed E-state index contributed by atoms with van der Waals surface area (Å²) in [5.41, 5.74) is 1.13. The number of rotatable bonds is 7. The highest BCUT2D eigenvalue weighted by atomic mass is 16.5. The van der Waals surface area contributed by atoms with E-state index in [0.717, 1.165) is 12.1 Å². The molecule has 0 unspecified atom stereocenters. The van der Waals surface area contributed by atoms with Crippen molar-refractivity contribution in [2.45, 2.75) is 18.3 Å². The van der Waals surface area contributed by atoms with E-state index in [9.17, 15) is 4.79 Å². The molecule has 1 aliphatic rings. The lowest BCUT2D eigenvalue weighted by molar-refractivity contribution is -0.125. The lowest BCUT2D eigenvalue weighted by Gasteiger charge is -2.36. The Balaban J connectivity index is 1.69. The molecule has 1 amide bonds. The van der Waals surface area contributed by atoms with Crippen LogP contribution in [0.4, 0.5) is 5.69 Å². The first-order valence-electron chi connectivity index (χ1n) is 9.28. The molecular weight excluding hydrogens is 342 g/mol. The minimum atomic E-state index is -0.569. The molecule has 1 aromatic carbocycles. The molecule has 2 heterocycles. The zero-order valence-electron chi connectivity index (χ0n) is 16.0. The second kappa shape index (κ2) is 8.97. The van der Waals surface area contributed by atoms with Crippen LogP contribution in [0, 0.1) is 0 Å². The molecule has 1 aromatic heterocycles. The molecule has 1 aliphatic heterocycles. The summed E-state index contributed by atoms with van der Waals surface area (Å²) in [4.78, 5) is 19.5. The molecule has 2 aromatic rings. The number of amides is 1. The number of pyridine rings is 1. The molecule has 0 bridgehead atoms. The predicted molar refractivity (Wildman–Crippen MR) is 105 cm³/mol. The standard InChI is InChI=1S/C21H27N3O3/c1-24(2)12-15-27-19-9-8-18(16-22-19)23-20(25)21(10-13-26-14-11-21)17-6-4-3-5-7-17/h3-9,16H,10-15H2,1-2H3,(H,23,25). The van der Waals surface area contributed by atoms with Crippen molar-refractivity contribution in [1.29, 1.82) is 0 Å². The number of hydrogen-bond acceptors (Lipinski definition) is 5. The van der Waals surface area contributed by atoms with Crippen LogP contribution in [0.5, 0.6) is 5.88 Å². The lowest BCUT2D eigenvalue weighted by atomic mass is 9.73. The number of nitrogens with one attached hydrogen (secondary N) is 1. The second-order valence-electron chi connectivity index (χ2n) is 7.05. The first-order chi connectivity index (χ1) is 13.1. The van der Waals surface area contributed by atoms with Crippen LogP contribution >= 0.6 is 0 Å². The van der Waals surface area contributed by atoms with Gasteiger partial charge in [-0.25, -0.2) is 4.98 Å². The number of carbonyl (C=O) groups excluding carboxylic acids is 1. The van der Waals surface area contributed by atoms with Gasteiger partial charge in [0.1, 0.15) is 6.61 Å². The summed E-state index contributed by atoms with van der Waals surface area (Å²) in [5.74, 6) is 0.541. The molecule has 6 nitrogen and oxygen atoms in total. The molecule has 6 heteroatoms. The van der Waals surface area contributed by atoms with Gasteiger partial charge < -0.3 is 19.7 Å². The van der Waals surface area contributed by atoms with Gasteiger partial charge >= 0.3 is 0 Å². The van der Waals surface area contributed by atoms with E-state index in [1.165, 1.54) is 0 Å². The zero-order valence-corrected chi connectivity index (χ0v) is 16.0. The van der Waals surface area contributed by atoms with Crippen LogP contribution in [0.25, 0.3) is 0 Å². The van der Waals surface area contributed by atoms with E-state index in [0.29, 0.717) is 44.2 Å². The maximum absolute atomic E-state index is 13.2. The van der Waals surface area contributed by atoms with Crippen LogP contribution in [-0.4, -0.2) is 56.3 Å². The maximum Gasteiger partial charge on any atom is 0.235 e. The number of carbonyl (C=O) groups is 1. The summed E-state index contributed by atoms with van der Waals surface area (Å²) in [6.07, 6.45) is 2.98. The van der Waals surface area contributed by atoms with Crippen LogP contribution < -0.4 is 10.1 Å². The normalized spacial score (nSPS) is 16.1. The Morgan fingerprint density at radius 1 is 1.19 bits per heavy atom. The smallest absolute Gasteiger partial charge is 0.235 e. The SMILES string of the molecule is CN(C)CCOc1ccc(NC(=O)C2(c3ccccc3)CCOCC2)cn1. The third-order valence-corrected chi connectivity index (χ3v) is 4.89. The fourth-order valence-corrected chi connectivity index (χ4v) is 3.25. The highest BCUT2D eigenvalue weighted by molar-refractivity contribution is 5.99.